The second kappa shape index (κ2) is 5.52. The number of carbonyl (C=O) groups is 1. The number of benzene rings is 1. The van der Waals surface area contributed by atoms with Gasteiger partial charge in [-0.1, -0.05) is 23.7 Å². The van der Waals surface area contributed by atoms with Gasteiger partial charge < -0.3 is 10.2 Å². The summed E-state index contributed by atoms with van der Waals surface area (Å²) < 4.78 is 0. The summed E-state index contributed by atoms with van der Waals surface area (Å²) in [5.41, 5.74) is 1.12. The van der Waals surface area contributed by atoms with E-state index in [0.717, 1.165) is 30.1 Å². The Morgan fingerprint density at radius 3 is 2.82 bits per heavy atom. The lowest BCUT2D eigenvalue weighted by Gasteiger charge is -2.22. The van der Waals surface area contributed by atoms with Gasteiger partial charge in [-0.15, -0.1) is 0 Å². The zero-order chi connectivity index (χ0) is 12.3. The number of nitrogens with zero attached hydrogens (tertiary/aromatic N) is 1. The summed E-state index contributed by atoms with van der Waals surface area (Å²) in [6, 6.07) is 7.59. The molecule has 0 saturated carbocycles. The molecule has 1 amide bonds. The normalized spacial score (nSPS) is 21.4. The van der Waals surface area contributed by atoms with Gasteiger partial charge in [0.05, 0.1) is 6.04 Å². The Morgan fingerprint density at radius 1 is 1.41 bits per heavy atom. The van der Waals surface area contributed by atoms with Gasteiger partial charge in [-0.2, -0.15) is 0 Å². The van der Waals surface area contributed by atoms with Crippen LogP contribution in [0.5, 0.6) is 0 Å². The quantitative estimate of drug-likeness (QED) is 0.874. The summed E-state index contributed by atoms with van der Waals surface area (Å²) in [6.45, 7) is 4.31. The molecule has 0 radical (unpaired) electrons. The van der Waals surface area contributed by atoms with Gasteiger partial charge in [0.2, 0.25) is 5.91 Å². The van der Waals surface area contributed by atoms with E-state index in [1.807, 2.05) is 36.1 Å². The maximum absolute atomic E-state index is 12.1. The third-order valence-electron chi connectivity index (χ3n) is 3.02. The van der Waals surface area contributed by atoms with E-state index in [-0.39, 0.29) is 11.9 Å². The number of hydrogen-bond donors (Lipinski definition) is 1. The highest BCUT2D eigenvalue weighted by Gasteiger charge is 2.22. The van der Waals surface area contributed by atoms with E-state index in [1.54, 1.807) is 0 Å². The second-order valence-electron chi connectivity index (χ2n) is 4.42. The minimum atomic E-state index is -0.0789. The van der Waals surface area contributed by atoms with Crippen LogP contribution in [0, 0.1) is 0 Å². The van der Waals surface area contributed by atoms with Crippen LogP contribution < -0.4 is 5.32 Å². The van der Waals surface area contributed by atoms with Crippen LogP contribution in [0.2, 0.25) is 5.02 Å². The minimum absolute atomic E-state index is 0.0789. The Labute approximate surface area is 107 Å². The van der Waals surface area contributed by atoms with E-state index in [0.29, 0.717) is 6.54 Å². The van der Waals surface area contributed by atoms with Crippen LogP contribution in [0.25, 0.3) is 0 Å². The van der Waals surface area contributed by atoms with Crippen molar-refractivity contribution < 1.29 is 4.79 Å². The predicted molar refractivity (Wildman–Crippen MR) is 69.0 cm³/mol. The minimum Gasteiger partial charge on any atom is -0.337 e. The third kappa shape index (κ3) is 3.20. The molecule has 1 aliphatic heterocycles. The average Bonchev–Trinajstić information content (AvgIpc) is 2.48. The van der Waals surface area contributed by atoms with E-state index in [2.05, 4.69) is 5.32 Å². The molecule has 1 aliphatic rings. The molecule has 0 aliphatic carbocycles. The first-order chi connectivity index (χ1) is 8.16. The Hall–Kier alpha value is -1.06. The van der Waals surface area contributed by atoms with Crippen molar-refractivity contribution in [2.24, 2.45) is 0 Å². The smallest absolute Gasteiger partial charge is 0.239 e. The highest BCUT2D eigenvalue weighted by Crippen LogP contribution is 2.13. The van der Waals surface area contributed by atoms with Crippen molar-refractivity contribution in [1.82, 2.24) is 10.2 Å². The van der Waals surface area contributed by atoms with Crippen molar-refractivity contribution in [3.05, 3.63) is 34.9 Å². The van der Waals surface area contributed by atoms with Gasteiger partial charge in [0.1, 0.15) is 0 Å². The SMILES string of the molecule is CC1NCCCN(Cc2ccc(Cl)cc2)C1=O. The summed E-state index contributed by atoms with van der Waals surface area (Å²) in [5.74, 6) is 0.178. The molecule has 17 heavy (non-hydrogen) atoms. The molecular formula is C13H17ClN2O. The van der Waals surface area contributed by atoms with Crippen LogP contribution in [-0.4, -0.2) is 29.9 Å². The highest BCUT2D eigenvalue weighted by atomic mass is 35.5. The second-order valence-corrected chi connectivity index (χ2v) is 4.85. The average molecular weight is 253 g/mol. The summed E-state index contributed by atoms with van der Waals surface area (Å²) in [5, 5.41) is 3.93. The number of halogens is 1. The predicted octanol–water partition coefficient (Wildman–Crippen LogP) is 2.05. The van der Waals surface area contributed by atoms with Crippen LogP contribution in [0.4, 0.5) is 0 Å². The first-order valence-electron chi connectivity index (χ1n) is 5.93. The largest absolute Gasteiger partial charge is 0.337 e. The van der Waals surface area contributed by atoms with Crippen molar-refractivity contribution in [3.8, 4) is 0 Å². The molecule has 3 nitrogen and oxygen atoms in total. The maximum Gasteiger partial charge on any atom is 0.239 e. The standard InChI is InChI=1S/C13H17ClN2O/c1-10-13(17)16(8-2-7-15-10)9-11-3-5-12(14)6-4-11/h3-6,10,15H,2,7-9H2,1H3. The van der Waals surface area contributed by atoms with E-state index in [1.165, 1.54) is 0 Å². The fourth-order valence-corrected chi connectivity index (χ4v) is 2.15. The summed E-state index contributed by atoms with van der Waals surface area (Å²) in [7, 11) is 0. The molecule has 1 N–H and O–H groups in total. The van der Waals surface area contributed by atoms with Crippen molar-refractivity contribution in [2.45, 2.75) is 25.9 Å². The van der Waals surface area contributed by atoms with Gasteiger partial charge >= 0.3 is 0 Å². The molecule has 1 fully saturated rings. The molecule has 1 saturated heterocycles. The molecule has 1 unspecified atom stereocenters. The molecule has 1 aromatic rings. The fourth-order valence-electron chi connectivity index (χ4n) is 2.03. The summed E-state index contributed by atoms with van der Waals surface area (Å²) in [4.78, 5) is 14.0. The Kier molecular flexibility index (Phi) is 4.02. The van der Waals surface area contributed by atoms with Gasteiger partial charge in [0, 0.05) is 18.1 Å². The lowest BCUT2D eigenvalue weighted by Crippen LogP contribution is -2.41. The number of rotatable bonds is 2. The van der Waals surface area contributed by atoms with Crippen LogP contribution in [-0.2, 0) is 11.3 Å². The zero-order valence-corrected chi connectivity index (χ0v) is 10.7. The van der Waals surface area contributed by atoms with Gasteiger partial charge in [0.15, 0.2) is 0 Å². The zero-order valence-electron chi connectivity index (χ0n) is 9.95. The van der Waals surface area contributed by atoms with Crippen molar-refractivity contribution >= 4 is 17.5 Å². The van der Waals surface area contributed by atoms with Crippen LogP contribution in [0.15, 0.2) is 24.3 Å². The number of nitrogens with one attached hydrogen (secondary N) is 1. The van der Waals surface area contributed by atoms with Gasteiger partial charge in [-0.3, -0.25) is 4.79 Å². The Morgan fingerprint density at radius 2 is 2.12 bits per heavy atom. The van der Waals surface area contributed by atoms with E-state index in [9.17, 15) is 4.79 Å². The first kappa shape index (κ1) is 12.4. The van der Waals surface area contributed by atoms with Gasteiger partial charge in [-0.05, 0) is 37.6 Å². The van der Waals surface area contributed by atoms with Crippen LogP contribution in [0.3, 0.4) is 0 Å². The third-order valence-corrected chi connectivity index (χ3v) is 3.28. The molecule has 0 spiro atoms. The molecule has 4 heteroatoms. The van der Waals surface area contributed by atoms with Crippen molar-refractivity contribution in [2.75, 3.05) is 13.1 Å². The molecule has 2 rings (SSSR count). The van der Waals surface area contributed by atoms with Crippen LogP contribution in [0.1, 0.15) is 18.9 Å². The number of hydrogen-bond acceptors (Lipinski definition) is 2. The maximum atomic E-state index is 12.1. The monoisotopic (exact) mass is 252 g/mol. The Bertz CT molecular complexity index is 391. The first-order valence-corrected chi connectivity index (χ1v) is 6.31. The van der Waals surface area contributed by atoms with E-state index < -0.39 is 0 Å². The van der Waals surface area contributed by atoms with E-state index >= 15 is 0 Å². The van der Waals surface area contributed by atoms with Gasteiger partial charge in [0.25, 0.3) is 0 Å². The van der Waals surface area contributed by atoms with Crippen molar-refractivity contribution in [1.29, 1.82) is 0 Å². The number of amides is 1. The van der Waals surface area contributed by atoms with Crippen LogP contribution >= 0.6 is 11.6 Å². The number of carbonyl (C=O) groups excluding carboxylic acids is 1. The molecular weight excluding hydrogens is 236 g/mol. The highest BCUT2D eigenvalue weighted by molar-refractivity contribution is 6.30. The topological polar surface area (TPSA) is 32.3 Å². The lowest BCUT2D eigenvalue weighted by atomic mass is 10.2. The van der Waals surface area contributed by atoms with E-state index in [4.69, 9.17) is 11.6 Å². The van der Waals surface area contributed by atoms with Gasteiger partial charge in [-0.25, -0.2) is 0 Å². The summed E-state index contributed by atoms with van der Waals surface area (Å²) in [6.07, 6.45) is 1.00. The van der Waals surface area contributed by atoms with Crippen molar-refractivity contribution in [3.63, 3.8) is 0 Å². The summed E-state index contributed by atoms with van der Waals surface area (Å²) >= 11 is 5.84. The molecule has 1 atom stereocenters. The molecule has 92 valence electrons. The molecule has 0 bridgehead atoms. The fraction of sp³-hybridized carbons (Fsp3) is 0.462. The molecule has 1 heterocycles. The Balaban J connectivity index is 2.06. The molecule has 1 aromatic carbocycles. The lowest BCUT2D eigenvalue weighted by molar-refractivity contribution is -0.132. The molecule has 0 aromatic heterocycles.